The van der Waals surface area contributed by atoms with Gasteiger partial charge in [-0.05, 0) is 32.4 Å². The first-order valence-electron chi connectivity index (χ1n) is 7.58. The van der Waals surface area contributed by atoms with Crippen molar-refractivity contribution in [2.24, 2.45) is 5.73 Å². The SMILES string of the molecule is CC[C@H]1OC(C)(C)O[C@H]1[C@@H](N)CSc1nc2ccccc2s1. The first-order valence-corrected chi connectivity index (χ1v) is 9.38. The van der Waals surface area contributed by atoms with E-state index in [1.165, 1.54) is 4.70 Å². The summed E-state index contributed by atoms with van der Waals surface area (Å²) in [6, 6.07) is 8.13. The third-order valence-electron chi connectivity index (χ3n) is 3.72. The second-order valence-electron chi connectivity index (χ2n) is 5.97. The number of fused-ring (bicyclic) bond motifs is 1. The summed E-state index contributed by atoms with van der Waals surface area (Å²) in [4.78, 5) is 4.63. The number of aromatic nitrogens is 1. The lowest BCUT2D eigenvalue weighted by Gasteiger charge is -2.22. The summed E-state index contributed by atoms with van der Waals surface area (Å²) >= 11 is 3.41. The summed E-state index contributed by atoms with van der Waals surface area (Å²) < 4.78 is 14.2. The van der Waals surface area contributed by atoms with E-state index in [0.29, 0.717) is 0 Å². The molecule has 0 aliphatic carbocycles. The van der Waals surface area contributed by atoms with E-state index in [-0.39, 0.29) is 18.2 Å². The van der Waals surface area contributed by atoms with Gasteiger partial charge in [0.2, 0.25) is 0 Å². The van der Waals surface area contributed by atoms with Crippen molar-refractivity contribution in [2.75, 3.05) is 5.75 Å². The molecule has 0 bridgehead atoms. The Balaban J connectivity index is 1.63. The minimum atomic E-state index is -0.538. The summed E-state index contributed by atoms with van der Waals surface area (Å²) in [5.74, 6) is 0.240. The fourth-order valence-corrected chi connectivity index (χ4v) is 4.81. The summed E-state index contributed by atoms with van der Waals surface area (Å²) in [7, 11) is 0. The number of nitrogens with two attached hydrogens (primary N) is 1. The third kappa shape index (κ3) is 3.46. The van der Waals surface area contributed by atoms with Crippen LogP contribution in [0.1, 0.15) is 27.2 Å². The van der Waals surface area contributed by atoms with Crippen LogP contribution in [-0.4, -0.2) is 34.8 Å². The van der Waals surface area contributed by atoms with Gasteiger partial charge in [-0.3, -0.25) is 0 Å². The van der Waals surface area contributed by atoms with E-state index in [0.717, 1.165) is 22.0 Å². The second kappa shape index (κ2) is 6.45. The molecule has 2 heterocycles. The fraction of sp³-hybridized carbons (Fsp3) is 0.562. The van der Waals surface area contributed by atoms with E-state index < -0.39 is 5.79 Å². The van der Waals surface area contributed by atoms with Gasteiger partial charge in [0.05, 0.1) is 16.3 Å². The van der Waals surface area contributed by atoms with Crippen LogP contribution in [0.3, 0.4) is 0 Å². The highest BCUT2D eigenvalue weighted by Gasteiger charge is 2.43. The van der Waals surface area contributed by atoms with Crippen LogP contribution in [0.25, 0.3) is 10.2 Å². The number of nitrogens with zero attached hydrogens (tertiary/aromatic N) is 1. The van der Waals surface area contributed by atoms with Gasteiger partial charge in [-0.1, -0.05) is 30.8 Å². The molecule has 22 heavy (non-hydrogen) atoms. The Morgan fingerprint density at radius 3 is 2.86 bits per heavy atom. The minimum absolute atomic E-state index is 0.0538. The van der Waals surface area contributed by atoms with Crippen molar-refractivity contribution in [3.63, 3.8) is 0 Å². The predicted molar refractivity (Wildman–Crippen MR) is 92.4 cm³/mol. The number of rotatable bonds is 5. The lowest BCUT2D eigenvalue weighted by atomic mass is 10.1. The van der Waals surface area contributed by atoms with Gasteiger partial charge in [0.15, 0.2) is 10.1 Å². The molecule has 120 valence electrons. The number of benzene rings is 1. The van der Waals surface area contributed by atoms with Crippen molar-refractivity contribution < 1.29 is 9.47 Å². The van der Waals surface area contributed by atoms with Crippen molar-refractivity contribution in [3.05, 3.63) is 24.3 Å². The smallest absolute Gasteiger partial charge is 0.163 e. The Kier molecular flexibility index (Phi) is 4.75. The van der Waals surface area contributed by atoms with E-state index in [1.807, 2.05) is 32.0 Å². The molecule has 2 N–H and O–H groups in total. The summed E-state index contributed by atoms with van der Waals surface area (Å²) in [5.41, 5.74) is 7.41. The number of hydrogen-bond acceptors (Lipinski definition) is 6. The molecule has 0 amide bonds. The van der Waals surface area contributed by atoms with Crippen molar-refractivity contribution in [1.82, 2.24) is 4.98 Å². The molecule has 0 unspecified atom stereocenters. The molecule has 6 heteroatoms. The molecule has 1 aromatic carbocycles. The van der Waals surface area contributed by atoms with Crippen LogP contribution in [0.2, 0.25) is 0 Å². The van der Waals surface area contributed by atoms with Gasteiger partial charge in [0, 0.05) is 11.8 Å². The highest BCUT2D eigenvalue weighted by molar-refractivity contribution is 8.01. The molecule has 3 atom stereocenters. The molecule has 0 spiro atoms. The lowest BCUT2D eigenvalue weighted by Crippen LogP contribution is -2.43. The maximum atomic E-state index is 6.36. The van der Waals surface area contributed by atoms with E-state index >= 15 is 0 Å². The number of hydrogen-bond donors (Lipinski definition) is 1. The van der Waals surface area contributed by atoms with Crippen LogP contribution in [0.5, 0.6) is 0 Å². The van der Waals surface area contributed by atoms with Crippen molar-refractivity contribution >= 4 is 33.3 Å². The number of thioether (sulfide) groups is 1. The molecule has 0 radical (unpaired) electrons. The standard InChI is InChI=1S/C16H22N2O2S2/c1-4-12-14(20-16(2,3)19-12)10(17)9-21-15-18-11-7-5-6-8-13(11)22-15/h5-8,10,12,14H,4,9,17H2,1-3H3/t10-,12+,14-/m0/s1. The Hall–Kier alpha value is -0.660. The van der Waals surface area contributed by atoms with Gasteiger partial charge >= 0.3 is 0 Å². The molecule has 1 aliphatic rings. The molecule has 1 fully saturated rings. The quantitative estimate of drug-likeness (QED) is 0.843. The minimum Gasteiger partial charge on any atom is -0.345 e. The zero-order valence-electron chi connectivity index (χ0n) is 13.1. The number of thiazole rings is 1. The maximum absolute atomic E-state index is 6.36. The van der Waals surface area contributed by atoms with Crippen LogP contribution < -0.4 is 5.73 Å². The van der Waals surface area contributed by atoms with Gasteiger partial charge in [-0.25, -0.2) is 4.98 Å². The van der Waals surface area contributed by atoms with E-state index in [1.54, 1.807) is 23.1 Å². The molecule has 1 aromatic heterocycles. The van der Waals surface area contributed by atoms with Crippen LogP contribution in [0, 0.1) is 0 Å². The van der Waals surface area contributed by atoms with Crippen molar-refractivity contribution in [1.29, 1.82) is 0 Å². The van der Waals surface area contributed by atoms with Crippen LogP contribution in [0.4, 0.5) is 0 Å². The van der Waals surface area contributed by atoms with E-state index in [4.69, 9.17) is 15.2 Å². The predicted octanol–water partition coefficient (Wildman–Crippen LogP) is 3.65. The summed E-state index contributed by atoms with van der Waals surface area (Å²) in [5, 5.41) is 0. The van der Waals surface area contributed by atoms with E-state index in [9.17, 15) is 0 Å². The largest absolute Gasteiger partial charge is 0.345 e. The van der Waals surface area contributed by atoms with Gasteiger partial charge in [0.25, 0.3) is 0 Å². The summed E-state index contributed by atoms with van der Waals surface area (Å²) in [6.07, 6.45) is 0.927. The molecule has 1 aliphatic heterocycles. The maximum Gasteiger partial charge on any atom is 0.163 e. The zero-order chi connectivity index (χ0) is 15.7. The Morgan fingerprint density at radius 2 is 2.14 bits per heavy atom. The molecule has 4 nitrogen and oxygen atoms in total. The Labute approximate surface area is 139 Å². The second-order valence-corrected chi connectivity index (χ2v) is 8.27. The third-order valence-corrected chi connectivity index (χ3v) is 6.04. The molecular formula is C16H22N2O2S2. The van der Waals surface area contributed by atoms with Crippen LogP contribution >= 0.6 is 23.1 Å². The molecule has 3 rings (SSSR count). The first kappa shape index (κ1) is 16.2. The van der Waals surface area contributed by atoms with Crippen LogP contribution in [0.15, 0.2) is 28.6 Å². The molecule has 1 saturated heterocycles. The Bertz CT molecular complexity index is 611. The number of ether oxygens (including phenoxy) is 2. The monoisotopic (exact) mass is 338 g/mol. The van der Waals surface area contributed by atoms with Crippen molar-refractivity contribution in [2.45, 2.75) is 55.6 Å². The molecular weight excluding hydrogens is 316 g/mol. The zero-order valence-corrected chi connectivity index (χ0v) is 14.7. The van der Waals surface area contributed by atoms with Gasteiger partial charge < -0.3 is 15.2 Å². The first-order chi connectivity index (χ1) is 10.5. The number of para-hydroxylation sites is 1. The van der Waals surface area contributed by atoms with Gasteiger partial charge in [0.1, 0.15) is 6.10 Å². The van der Waals surface area contributed by atoms with Gasteiger partial charge in [-0.2, -0.15) is 0 Å². The average Bonchev–Trinajstić information content (AvgIpc) is 3.04. The Morgan fingerprint density at radius 1 is 1.36 bits per heavy atom. The highest BCUT2D eigenvalue weighted by atomic mass is 32.2. The fourth-order valence-electron chi connectivity index (χ4n) is 2.72. The highest BCUT2D eigenvalue weighted by Crippen LogP contribution is 2.34. The van der Waals surface area contributed by atoms with Crippen molar-refractivity contribution in [3.8, 4) is 0 Å². The average molecular weight is 338 g/mol. The summed E-state index contributed by atoms with van der Waals surface area (Å²) in [6.45, 7) is 6.00. The van der Waals surface area contributed by atoms with Gasteiger partial charge in [-0.15, -0.1) is 11.3 Å². The topological polar surface area (TPSA) is 57.4 Å². The lowest BCUT2D eigenvalue weighted by molar-refractivity contribution is -0.147. The normalized spacial score (nSPS) is 25.6. The van der Waals surface area contributed by atoms with E-state index in [2.05, 4.69) is 18.0 Å². The molecule has 2 aromatic rings. The van der Waals surface area contributed by atoms with Crippen LogP contribution in [-0.2, 0) is 9.47 Å². The molecule has 0 saturated carbocycles.